The Morgan fingerprint density at radius 2 is 1.93 bits per heavy atom. The Balaban J connectivity index is 1.59. The van der Waals surface area contributed by atoms with Crippen LogP contribution >= 0.6 is 0 Å². The Morgan fingerprint density at radius 1 is 1.21 bits per heavy atom. The standard InChI is InChI=1S/C21H30O7S/c1-11(22)14-6-7-15-13-5-4-12-10-17(23)18-21(24,28-29(25,26)27-18)20(12,3)16(13)8-9-19(14,15)2/h4,13-18,23-24H,5-10H2,1-3H3/t13?,14-,15?,16?,17+,18?,19-,20+,21?/m1/s1. The van der Waals surface area contributed by atoms with Crippen LogP contribution in [-0.4, -0.2) is 42.4 Å². The number of fused-ring (bicyclic) bond motifs is 7. The Bertz CT molecular complexity index is 897. The zero-order chi connectivity index (χ0) is 21.0. The zero-order valence-corrected chi connectivity index (χ0v) is 17.9. The van der Waals surface area contributed by atoms with E-state index < -0.39 is 33.8 Å². The third-order valence-corrected chi connectivity index (χ3v) is 10.2. The van der Waals surface area contributed by atoms with Gasteiger partial charge in [0.15, 0.2) is 6.10 Å². The van der Waals surface area contributed by atoms with Crippen LogP contribution in [0.5, 0.6) is 0 Å². The lowest BCUT2D eigenvalue weighted by Crippen LogP contribution is -2.67. The fraction of sp³-hybridized carbons (Fsp3) is 0.857. The number of ketones is 1. The van der Waals surface area contributed by atoms with Gasteiger partial charge in [0.25, 0.3) is 0 Å². The predicted octanol–water partition coefficient (Wildman–Crippen LogP) is 2.08. The van der Waals surface area contributed by atoms with E-state index in [0.29, 0.717) is 5.92 Å². The molecule has 5 aliphatic rings. The van der Waals surface area contributed by atoms with Crippen molar-refractivity contribution in [3.63, 3.8) is 0 Å². The van der Waals surface area contributed by atoms with Gasteiger partial charge in [-0.3, -0.25) is 4.79 Å². The quantitative estimate of drug-likeness (QED) is 0.618. The van der Waals surface area contributed by atoms with E-state index in [9.17, 15) is 23.4 Å². The fourth-order valence-electron chi connectivity index (χ4n) is 7.97. The van der Waals surface area contributed by atoms with Crippen LogP contribution in [0.15, 0.2) is 11.6 Å². The molecule has 7 nitrogen and oxygen atoms in total. The van der Waals surface area contributed by atoms with Crippen LogP contribution in [0.4, 0.5) is 0 Å². The Labute approximate surface area is 171 Å². The van der Waals surface area contributed by atoms with Gasteiger partial charge < -0.3 is 10.2 Å². The van der Waals surface area contributed by atoms with Crippen LogP contribution in [-0.2, 0) is 23.6 Å². The molecule has 29 heavy (non-hydrogen) atoms. The first-order chi connectivity index (χ1) is 13.4. The van der Waals surface area contributed by atoms with Crippen molar-refractivity contribution in [2.45, 2.75) is 77.3 Å². The summed E-state index contributed by atoms with van der Waals surface area (Å²) in [5.74, 6) is -1.21. The summed E-state index contributed by atoms with van der Waals surface area (Å²) in [4.78, 5) is 12.3. The fourth-order valence-corrected chi connectivity index (χ4v) is 9.11. The lowest BCUT2D eigenvalue weighted by molar-refractivity contribution is -0.278. The van der Waals surface area contributed by atoms with Crippen LogP contribution < -0.4 is 0 Å². The number of carbonyl (C=O) groups is 1. The van der Waals surface area contributed by atoms with Gasteiger partial charge in [-0.05, 0) is 68.6 Å². The first kappa shape index (κ1) is 20.1. The molecule has 4 aliphatic carbocycles. The van der Waals surface area contributed by atoms with Gasteiger partial charge >= 0.3 is 10.4 Å². The SMILES string of the molecule is CC(=O)[C@H]1CCC2C3CC=C4C[C@H](O)C5OS(=O)(=O)OC5(O)[C@]4(C)C3CC[C@@]21C. The van der Waals surface area contributed by atoms with Crippen LogP contribution in [0.3, 0.4) is 0 Å². The maximum absolute atomic E-state index is 12.3. The molecule has 0 bridgehead atoms. The minimum absolute atomic E-state index is 0.00295. The third kappa shape index (κ3) is 2.38. The largest absolute Gasteiger partial charge is 0.403 e. The van der Waals surface area contributed by atoms with Crippen LogP contribution in [0.2, 0.25) is 0 Å². The molecule has 2 N–H and O–H groups in total. The van der Waals surface area contributed by atoms with Gasteiger partial charge in [0.1, 0.15) is 5.78 Å². The molecule has 1 saturated heterocycles. The van der Waals surface area contributed by atoms with Crippen LogP contribution in [0, 0.1) is 34.5 Å². The van der Waals surface area contributed by atoms with Gasteiger partial charge in [0.05, 0.1) is 6.10 Å². The van der Waals surface area contributed by atoms with Crippen molar-refractivity contribution in [3.8, 4) is 0 Å². The van der Waals surface area contributed by atoms with E-state index in [0.717, 1.165) is 37.7 Å². The third-order valence-electron chi connectivity index (χ3n) is 9.33. The highest BCUT2D eigenvalue weighted by Gasteiger charge is 2.73. The zero-order valence-electron chi connectivity index (χ0n) is 17.1. The monoisotopic (exact) mass is 426 g/mol. The van der Waals surface area contributed by atoms with Gasteiger partial charge in [-0.25, -0.2) is 8.37 Å². The summed E-state index contributed by atoms with van der Waals surface area (Å²) >= 11 is 0. The van der Waals surface area contributed by atoms with Crippen molar-refractivity contribution in [1.82, 2.24) is 0 Å². The highest BCUT2D eigenvalue weighted by molar-refractivity contribution is 7.82. The summed E-state index contributed by atoms with van der Waals surface area (Å²) < 4.78 is 34.4. The van der Waals surface area contributed by atoms with Gasteiger partial charge in [0.2, 0.25) is 5.79 Å². The molecule has 4 fully saturated rings. The molecule has 0 amide bonds. The number of aliphatic hydroxyl groups excluding tert-OH is 1. The number of carbonyl (C=O) groups excluding carboxylic acids is 1. The van der Waals surface area contributed by atoms with Crippen molar-refractivity contribution in [3.05, 3.63) is 11.6 Å². The number of rotatable bonds is 1. The van der Waals surface area contributed by atoms with Crippen molar-refractivity contribution < 1.29 is 31.8 Å². The normalized spacial score (nSPS) is 55.3. The molecule has 0 aromatic carbocycles. The summed E-state index contributed by atoms with van der Waals surface area (Å²) in [5, 5.41) is 22.1. The maximum atomic E-state index is 12.3. The van der Waals surface area contributed by atoms with Gasteiger partial charge in [-0.15, -0.1) is 0 Å². The number of Topliss-reactive ketones (excluding diaryl/α,β-unsaturated/α-hetero) is 1. The molecule has 5 rings (SSSR count). The van der Waals surface area contributed by atoms with Crippen LogP contribution in [0.1, 0.15) is 59.3 Å². The Hall–Kier alpha value is -0.800. The topological polar surface area (TPSA) is 110 Å². The van der Waals surface area contributed by atoms with Crippen molar-refractivity contribution in [2.24, 2.45) is 34.5 Å². The molecule has 0 radical (unpaired) electrons. The van der Waals surface area contributed by atoms with E-state index in [2.05, 4.69) is 13.0 Å². The molecule has 162 valence electrons. The van der Waals surface area contributed by atoms with Gasteiger partial charge in [0, 0.05) is 11.3 Å². The minimum Gasteiger partial charge on any atom is -0.390 e. The molecule has 1 heterocycles. The summed E-state index contributed by atoms with van der Waals surface area (Å²) in [6.07, 6.45) is 4.21. The van der Waals surface area contributed by atoms with E-state index in [4.69, 9.17) is 8.37 Å². The summed E-state index contributed by atoms with van der Waals surface area (Å²) in [5.41, 5.74) is -0.154. The molecule has 8 heteroatoms. The van der Waals surface area contributed by atoms with Crippen molar-refractivity contribution >= 4 is 16.2 Å². The summed E-state index contributed by atoms with van der Waals surface area (Å²) in [7, 11) is -4.38. The average molecular weight is 427 g/mol. The molecular formula is C21H30O7S. The van der Waals surface area contributed by atoms with Gasteiger partial charge in [-0.1, -0.05) is 25.5 Å². The average Bonchev–Trinajstić information content (AvgIpc) is 3.10. The molecule has 0 aromatic rings. The number of allylic oxidation sites excluding steroid dienone is 1. The highest BCUT2D eigenvalue weighted by atomic mass is 32.3. The van der Waals surface area contributed by atoms with Crippen molar-refractivity contribution in [2.75, 3.05) is 0 Å². The van der Waals surface area contributed by atoms with E-state index in [-0.39, 0.29) is 35.4 Å². The molecular weight excluding hydrogens is 396 g/mol. The smallest absolute Gasteiger partial charge is 0.390 e. The van der Waals surface area contributed by atoms with Gasteiger partial charge in [-0.2, -0.15) is 8.42 Å². The second-order valence-electron chi connectivity index (χ2n) is 10.3. The molecule has 1 aliphatic heterocycles. The summed E-state index contributed by atoms with van der Waals surface area (Å²) in [6.45, 7) is 5.80. The van der Waals surface area contributed by atoms with Crippen molar-refractivity contribution in [1.29, 1.82) is 0 Å². The molecule has 9 atom stereocenters. The second-order valence-corrected chi connectivity index (χ2v) is 11.5. The number of hydrogen-bond donors (Lipinski definition) is 2. The summed E-state index contributed by atoms with van der Waals surface area (Å²) in [6, 6.07) is 0. The van der Waals surface area contributed by atoms with E-state index in [1.807, 2.05) is 6.92 Å². The minimum atomic E-state index is -4.38. The first-order valence-corrected chi connectivity index (χ1v) is 12.0. The predicted molar refractivity (Wildman–Crippen MR) is 102 cm³/mol. The maximum Gasteiger partial charge on any atom is 0.403 e. The van der Waals surface area contributed by atoms with Crippen LogP contribution in [0.25, 0.3) is 0 Å². The van der Waals surface area contributed by atoms with E-state index in [1.165, 1.54) is 0 Å². The first-order valence-electron chi connectivity index (χ1n) is 10.7. The highest BCUT2D eigenvalue weighted by Crippen LogP contribution is 2.69. The van der Waals surface area contributed by atoms with E-state index in [1.54, 1.807) is 6.92 Å². The lowest BCUT2D eigenvalue weighted by Gasteiger charge is -2.61. The second kappa shape index (κ2) is 5.91. The molecule has 5 unspecified atom stereocenters. The van der Waals surface area contributed by atoms with E-state index >= 15 is 0 Å². The molecule has 0 aromatic heterocycles. The molecule has 0 spiro atoms. The Kier molecular flexibility index (Phi) is 4.10. The Morgan fingerprint density at radius 3 is 2.62 bits per heavy atom. The molecule has 3 saturated carbocycles. The number of hydrogen-bond acceptors (Lipinski definition) is 7. The number of aliphatic hydroxyl groups is 2. The lowest BCUT2D eigenvalue weighted by atomic mass is 9.45.